The number of hydrogen-bond donors (Lipinski definition) is 1. The molecule has 1 fully saturated rings. The fourth-order valence-electron chi connectivity index (χ4n) is 1.90. The summed E-state index contributed by atoms with van der Waals surface area (Å²) in [6.45, 7) is 2.15. The third kappa shape index (κ3) is 1.67. The third-order valence-corrected chi connectivity index (χ3v) is 3.39. The Morgan fingerprint density at radius 3 is 3.00 bits per heavy atom. The number of carboxylic acid groups (broad SMARTS) is 1. The van der Waals surface area contributed by atoms with Crippen LogP contribution in [0.25, 0.3) is 0 Å². The van der Waals surface area contributed by atoms with E-state index in [2.05, 4.69) is 29.5 Å². The number of carboxylic acids is 1. The highest BCUT2D eigenvalue weighted by molar-refractivity contribution is 14.1. The van der Waals surface area contributed by atoms with Gasteiger partial charge in [-0.2, -0.15) is 0 Å². The molecule has 1 aromatic rings. The van der Waals surface area contributed by atoms with E-state index in [1.54, 1.807) is 6.07 Å². The maximum Gasteiger partial charge on any atom is 0.352 e. The van der Waals surface area contributed by atoms with Crippen molar-refractivity contribution < 1.29 is 9.90 Å². The average Bonchev–Trinajstić information content (AvgIpc) is 2.81. The molecule has 0 radical (unpaired) electrons. The quantitative estimate of drug-likeness (QED) is 0.873. The van der Waals surface area contributed by atoms with E-state index in [4.69, 9.17) is 5.11 Å². The van der Waals surface area contributed by atoms with Crippen LogP contribution in [-0.4, -0.2) is 15.6 Å². The van der Waals surface area contributed by atoms with Crippen LogP contribution in [0.3, 0.4) is 0 Å². The Morgan fingerprint density at radius 1 is 1.79 bits per heavy atom. The molecule has 1 aliphatic carbocycles. The number of carbonyl (C=O) groups is 1. The van der Waals surface area contributed by atoms with Crippen molar-refractivity contribution in [2.75, 3.05) is 0 Å². The topological polar surface area (TPSA) is 42.2 Å². The first-order valence-corrected chi connectivity index (χ1v) is 5.82. The summed E-state index contributed by atoms with van der Waals surface area (Å²) in [4.78, 5) is 10.9. The Hall–Kier alpha value is -0.520. The van der Waals surface area contributed by atoms with Crippen molar-refractivity contribution in [2.45, 2.75) is 25.8 Å². The van der Waals surface area contributed by atoms with Gasteiger partial charge in [0.15, 0.2) is 0 Å². The van der Waals surface area contributed by atoms with E-state index in [9.17, 15) is 4.79 Å². The van der Waals surface area contributed by atoms with Crippen LogP contribution in [0.5, 0.6) is 0 Å². The molecule has 0 bridgehead atoms. The molecule has 4 heteroatoms. The lowest BCUT2D eigenvalue weighted by molar-refractivity contribution is 0.0684. The Morgan fingerprint density at radius 2 is 2.50 bits per heavy atom. The van der Waals surface area contributed by atoms with Crippen molar-refractivity contribution in [1.29, 1.82) is 0 Å². The van der Waals surface area contributed by atoms with E-state index in [0.717, 1.165) is 16.4 Å². The predicted molar refractivity (Wildman–Crippen MR) is 61.5 cm³/mol. The molecule has 14 heavy (non-hydrogen) atoms. The second kappa shape index (κ2) is 3.56. The summed E-state index contributed by atoms with van der Waals surface area (Å²) in [5.74, 6) is -0.147. The molecule has 2 atom stereocenters. The van der Waals surface area contributed by atoms with Crippen molar-refractivity contribution in [3.8, 4) is 0 Å². The number of aromatic carboxylic acids is 1. The van der Waals surface area contributed by atoms with Crippen LogP contribution in [0.15, 0.2) is 12.3 Å². The standard InChI is InChI=1S/C10H12INO2/c1-2-6-3-8(6)12-5-7(11)4-9(12)10(13)14/h4-6,8H,2-3H2,1H3,(H,13,14). The SMILES string of the molecule is CCC1CC1n1cc(I)cc1C(=O)O. The minimum atomic E-state index is -0.824. The Bertz CT molecular complexity index is 372. The lowest BCUT2D eigenvalue weighted by atomic mass is 10.3. The van der Waals surface area contributed by atoms with Crippen LogP contribution in [0.4, 0.5) is 0 Å². The second-order valence-corrected chi connectivity index (χ2v) is 4.97. The zero-order valence-corrected chi connectivity index (χ0v) is 10.1. The van der Waals surface area contributed by atoms with Crippen molar-refractivity contribution in [1.82, 2.24) is 4.57 Å². The van der Waals surface area contributed by atoms with Gasteiger partial charge in [-0.1, -0.05) is 13.3 Å². The number of halogens is 1. The normalized spacial score (nSPS) is 25.0. The van der Waals surface area contributed by atoms with Gasteiger partial charge < -0.3 is 9.67 Å². The van der Waals surface area contributed by atoms with Gasteiger partial charge in [0.1, 0.15) is 5.69 Å². The summed E-state index contributed by atoms with van der Waals surface area (Å²) in [7, 11) is 0. The fraction of sp³-hybridized carbons (Fsp3) is 0.500. The Labute approximate surface area is 96.3 Å². The van der Waals surface area contributed by atoms with Gasteiger partial charge in [-0.3, -0.25) is 0 Å². The van der Waals surface area contributed by atoms with Crippen LogP contribution in [0.2, 0.25) is 0 Å². The van der Waals surface area contributed by atoms with Gasteiger partial charge in [0.2, 0.25) is 0 Å². The van der Waals surface area contributed by atoms with E-state index in [1.165, 1.54) is 0 Å². The first-order chi connectivity index (χ1) is 6.63. The number of nitrogens with zero attached hydrogens (tertiary/aromatic N) is 1. The van der Waals surface area contributed by atoms with Gasteiger partial charge in [0, 0.05) is 15.8 Å². The van der Waals surface area contributed by atoms with Crippen molar-refractivity contribution in [3.05, 3.63) is 21.5 Å². The van der Waals surface area contributed by atoms with E-state index >= 15 is 0 Å². The van der Waals surface area contributed by atoms with Gasteiger partial charge in [-0.15, -0.1) is 0 Å². The molecule has 2 rings (SSSR count). The van der Waals surface area contributed by atoms with Crippen LogP contribution >= 0.6 is 22.6 Å². The summed E-state index contributed by atoms with van der Waals surface area (Å²) in [5, 5.41) is 8.99. The van der Waals surface area contributed by atoms with E-state index in [0.29, 0.717) is 17.7 Å². The van der Waals surface area contributed by atoms with Crippen LogP contribution in [0.1, 0.15) is 36.3 Å². The van der Waals surface area contributed by atoms with Gasteiger partial charge >= 0.3 is 5.97 Å². The van der Waals surface area contributed by atoms with Gasteiger partial charge in [-0.25, -0.2) is 4.79 Å². The minimum Gasteiger partial charge on any atom is -0.477 e. The van der Waals surface area contributed by atoms with Crippen molar-refractivity contribution in [3.63, 3.8) is 0 Å². The molecule has 0 aromatic carbocycles. The smallest absolute Gasteiger partial charge is 0.352 e. The first kappa shape index (κ1) is 10.0. The van der Waals surface area contributed by atoms with Crippen LogP contribution < -0.4 is 0 Å². The molecular formula is C10H12INO2. The Balaban J connectivity index is 2.29. The molecular weight excluding hydrogens is 293 g/mol. The number of rotatable bonds is 3. The lowest BCUT2D eigenvalue weighted by Crippen LogP contribution is -2.06. The molecule has 3 nitrogen and oxygen atoms in total. The monoisotopic (exact) mass is 305 g/mol. The van der Waals surface area contributed by atoms with Crippen molar-refractivity contribution >= 4 is 28.6 Å². The third-order valence-electron chi connectivity index (χ3n) is 2.80. The zero-order valence-electron chi connectivity index (χ0n) is 7.90. The molecule has 1 heterocycles. The molecule has 1 saturated carbocycles. The van der Waals surface area contributed by atoms with Gasteiger partial charge in [-0.05, 0) is 41.0 Å². The lowest BCUT2D eigenvalue weighted by Gasteiger charge is -2.03. The molecule has 0 amide bonds. The highest BCUT2D eigenvalue weighted by Gasteiger charge is 2.38. The summed E-state index contributed by atoms with van der Waals surface area (Å²) in [5.41, 5.74) is 0.426. The number of aromatic nitrogens is 1. The van der Waals surface area contributed by atoms with Gasteiger partial charge in [0.25, 0.3) is 0 Å². The summed E-state index contributed by atoms with van der Waals surface area (Å²) in [6.07, 6.45) is 4.20. The highest BCUT2D eigenvalue weighted by atomic mass is 127. The van der Waals surface area contributed by atoms with E-state index < -0.39 is 5.97 Å². The zero-order chi connectivity index (χ0) is 10.3. The maximum absolute atomic E-state index is 10.9. The number of hydrogen-bond acceptors (Lipinski definition) is 1. The Kier molecular flexibility index (Phi) is 2.55. The molecule has 0 aliphatic heterocycles. The second-order valence-electron chi connectivity index (χ2n) is 3.73. The first-order valence-electron chi connectivity index (χ1n) is 4.74. The molecule has 76 valence electrons. The van der Waals surface area contributed by atoms with E-state index in [1.807, 2.05) is 10.8 Å². The summed E-state index contributed by atoms with van der Waals surface area (Å²) >= 11 is 2.16. The summed E-state index contributed by atoms with van der Waals surface area (Å²) < 4.78 is 2.92. The van der Waals surface area contributed by atoms with Crippen LogP contribution in [0, 0.1) is 9.49 Å². The van der Waals surface area contributed by atoms with Gasteiger partial charge in [0.05, 0.1) is 0 Å². The molecule has 1 N–H and O–H groups in total. The van der Waals surface area contributed by atoms with Crippen molar-refractivity contribution in [2.24, 2.45) is 5.92 Å². The largest absolute Gasteiger partial charge is 0.477 e. The van der Waals surface area contributed by atoms with Crippen LogP contribution in [-0.2, 0) is 0 Å². The molecule has 1 aliphatic rings. The predicted octanol–water partition coefficient (Wildman–Crippen LogP) is 2.76. The molecule has 0 saturated heterocycles. The fourth-order valence-corrected chi connectivity index (χ4v) is 2.50. The average molecular weight is 305 g/mol. The highest BCUT2D eigenvalue weighted by Crippen LogP contribution is 2.46. The minimum absolute atomic E-state index is 0.426. The molecule has 1 aromatic heterocycles. The molecule has 2 unspecified atom stereocenters. The van der Waals surface area contributed by atoms with E-state index in [-0.39, 0.29) is 0 Å². The maximum atomic E-state index is 10.9. The summed E-state index contributed by atoms with van der Waals surface area (Å²) in [6, 6.07) is 2.16. The molecule has 0 spiro atoms.